The number of nitrogens with one attached hydrogen (secondary N) is 2. The van der Waals surface area contributed by atoms with Gasteiger partial charge in [-0.1, -0.05) is 11.6 Å². The molecule has 1 aliphatic heterocycles. The number of rotatable bonds is 4. The van der Waals surface area contributed by atoms with Crippen molar-refractivity contribution < 1.29 is 4.39 Å². The van der Waals surface area contributed by atoms with Crippen LogP contribution in [-0.2, 0) is 6.42 Å². The number of aromatic nitrogens is 4. The normalized spacial score (nSPS) is 15.9. The molecule has 1 saturated heterocycles. The third kappa shape index (κ3) is 3.70. The first-order valence-corrected chi connectivity index (χ1v) is 10.5. The highest BCUT2D eigenvalue weighted by atomic mass is 35.5. The Labute approximate surface area is 177 Å². The fraction of sp³-hybridized carbons (Fsp3) is 0.318. The SMILES string of the molecule is O=c1[nH]c(C2CCN(CCc3[nH]nc4ccc(Cl)cc34)CC2)nc2ccc(F)cc12. The van der Waals surface area contributed by atoms with E-state index in [4.69, 9.17) is 11.6 Å². The zero-order chi connectivity index (χ0) is 20.7. The van der Waals surface area contributed by atoms with Crippen molar-refractivity contribution in [3.8, 4) is 0 Å². The molecule has 1 fully saturated rings. The second-order valence-electron chi connectivity index (χ2n) is 7.84. The van der Waals surface area contributed by atoms with Crippen LogP contribution in [0.2, 0.25) is 5.02 Å². The Bertz CT molecular complexity index is 1280. The number of hydrogen-bond acceptors (Lipinski definition) is 4. The molecule has 0 unspecified atom stereocenters. The Morgan fingerprint density at radius 1 is 1.10 bits per heavy atom. The lowest BCUT2D eigenvalue weighted by molar-refractivity contribution is 0.211. The van der Waals surface area contributed by atoms with Gasteiger partial charge in [0, 0.05) is 35.0 Å². The minimum absolute atomic E-state index is 0.204. The Morgan fingerprint density at radius 3 is 2.73 bits per heavy atom. The van der Waals surface area contributed by atoms with E-state index in [0.717, 1.165) is 55.5 Å². The van der Waals surface area contributed by atoms with Gasteiger partial charge in [0.15, 0.2) is 0 Å². The van der Waals surface area contributed by atoms with Crippen LogP contribution in [0, 0.1) is 5.82 Å². The molecule has 6 nitrogen and oxygen atoms in total. The van der Waals surface area contributed by atoms with Gasteiger partial charge in [-0.2, -0.15) is 5.10 Å². The average Bonchev–Trinajstić information content (AvgIpc) is 3.15. The van der Waals surface area contributed by atoms with Gasteiger partial charge in [0.1, 0.15) is 11.6 Å². The average molecular weight is 426 g/mol. The lowest BCUT2D eigenvalue weighted by Gasteiger charge is -2.31. The summed E-state index contributed by atoms with van der Waals surface area (Å²) < 4.78 is 13.4. The molecule has 5 rings (SSSR count). The fourth-order valence-corrected chi connectivity index (χ4v) is 4.42. The van der Waals surface area contributed by atoms with E-state index >= 15 is 0 Å². The molecule has 2 N–H and O–H groups in total. The maximum absolute atomic E-state index is 13.4. The van der Waals surface area contributed by atoms with Gasteiger partial charge >= 0.3 is 0 Å². The summed E-state index contributed by atoms with van der Waals surface area (Å²) in [6.45, 7) is 2.79. The van der Waals surface area contributed by atoms with Crippen molar-refractivity contribution in [1.82, 2.24) is 25.1 Å². The molecule has 0 aliphatic carbocycles. The molecule has 0 bridgehead atoms. The number of fused-ring (bicyclic) bond motifs is 2. The number of piperidine rings is 1. The van der Waals surface area contributed by atoms with Gasteiger partial charge in [0.05, 0.1) is 16.4 Å². The minimum atomic E-state index is -0.428. The summed E-state index contributed by atoms with van der Waals surface area (Å²) in [5.41, 5.74) is 2.30. The quantitative estimate of drug-likeness (QED) is 0.517. The molecule has 2 aromatic heterocycles. The molecule has 1 aliphatic rings. The summed E-state index contributed by atoms with van der Waals surface area (Å²) in [5.74, 6) is 0.478. The molecule has 0 radical (unpaired) electrons. The molecule has 8 heteroatoms. The van der Waals surface area contributed by atoms with E-state index in [2.05, 4.69) is 25.1 Å². The number of benzene rings is 2. The fourth-order valence-electron chi connectivity index (χ4n) is 4.25. The van der Waals surface area contributed by atoms with Gasteiger partial charge in [-0.3, -0.25) is 9.89 Å². The van der Waals surface area contributed by atoms with Crippen LogP contribution in [0.5, 0.6) is 0 Å². The topological polar surface area (TPSA) is 77.7 Å². The van der Waals surface area contributed by atoms with E-state index in [1.165, 1.54) is 12.1 Å². The minimum Gasteiger partial charge on any atom is -0.310 e. The van der Waals surface area contributed by atoms with E-state index in [-0.39, 0.29) is 11.5 Å². The predicted octanol–water partition coefficient (Wildman–Crippen LogP) is 4.01. The molecule has 2 aromatic carbocycles. The van der Waals surface area contributed by atoms with Crippen molar-refractivity contribution in [2.75, 3.05) is 19.6 Å². The molecule has 0 saturated carbocycles. The van der Waals surface area contributed by atoms with Crippen molar-refractivity contribution in [3.63, 3.8) is 0 Å². The van der Waals surface area contributed by atoms with E-state index in [9.17, 15) is 9.18 Å². The van der Waals surface area contributed by atoms with Crippen LogP contribution in [0.3, 0.4) is 0 Å². The van der Waals surface area contributed by atoms with Crippen LogP contribution < -0.4 is 5.56 Å². The monoisotopic (exact) mass is 425 g/mol. The summed E-state index contributed by atoms with van der Waals surface area (Å²) in [7, 11) is 0. The first-order valence-electron chi connectivity index (χ1n) is 10.1. The highest BCUT2D eigenvalue weighted by Crippen LogP contribution is 2.27. The highest BCUT2D eigenvalue weighted by Gasteiger charge is 2.23. The van der Waals surface area contributed by atoms with E-state index in [1.54, 1.807) is 6.07 Å². The highest BCUT2D eigenvalue weighted by molar-refractivity contribution is 6.31. The molecular weight excluding hydrogens is 405 g/mol. The Balaban J connectivity index is 1.24. The summed E-state index contributed by atoms with van der Waals surface area (Å²) in [6, 6.07) is 9.87. The van der Waals surface area contributed by atoms with Crippen molar-refractivity contribution in [1.29, 1.82) is 0 Å². The predicted molar refractivity (Wildman–Crippen MR) is 116 cm³/mol. The maximum atomic E-state index is 13.4. The summed E-state index contributed by atoms with van der Waals surface area (Å²) in [5, 5.41) is 9.56. The van der Waals surface area contributed by atoms with Gasteiger partial charge < -0.3 is 9.88 Å². The zero-order valence-corrected chi connectivity index (χ0v) is 17.0. The molecule has 0 spiro atoms. The van der Waals surface area contributed by atoms with Gasteiger partial charge in [0.2, 0.25) is 0 Å². The number of hydrogen-bond donors (Lipinski definition) is 2. The van der Waals surface area contributed by atoms with Crippen LogP contribution in [0.25, 0.3) is 21.8 Å². The van der Waals surface area contributed by atoms with Crippen LogP contribution >= 0.6 is 11.6 Å². The first-order chi connectivity index (χ1) is 14.6. The number of aromatic amines is 2. The van der Waals surface area contributed by atoms with Crippen LogP contribution in [0.15, 0.2) is 41.2 Å². The third-order valence-corrected chi connectivity index (χ3v) is 6.17. The van der Waals surface area contributed by atoms with Crippen LogP contribution in [0.4, 0.5) is 4.39 Å². The Hall–Kier alpha value is -2.77. The van der Waals surface area contributed by atoms with Crippen molar-refractivity contribution in [2.45, 2.75) is 25.2 Å². The maximum Gasteiger partial charge on any atom is 0.258 e. The first kappa shape index (κ1) is 19.2. The molecule has 0 atom stereocenters. The van der Waals surface area contributed by atoms with Crippen molar-refractivity contribution in [2.24, 2.45) is 0 Å². The van der Waals surface area contributed by atoms with E-state index in [1.807, 2.05) is 18.2 Å². The van der Waals surface area contributed by atoms with Crippen molar-refractivity contribution in [3.05, 3.63) is 69.1 Å². The Morgan fingerprint density at radius 2 is 1.90 bits per heavy atom. The lowest BCUT2D eigenvalue weighted by atomic mass is 9.95. The molecular formula is C22H21ClFN5O. The number of nitrogens with zero attached hydrogens (tertiary/aromatic N) is 3. The smallest absolute Gasteiger partial charge is 0.258 e. The van der Waals surface area contributed by atoms with Crippen molar-refractivity contribution >= 4 is 33.4 Å². The third-order valence-electron chi connectivity index (χ3n) is 5.93. The van der Waals surface area contributed by atoms with E-state index < -0.39 is 5.82 Å². The number of likely N-dealkylation sites (tertiary alicyclic amines) is 1. The molecule has 30 heavy (non-hydrogen) atoms. The van der Waals surface area contributed by atoms with Gasteiger partial charge in [-0.25, -0.2) is 9.37 Å². The molecule has 0 amide bonds. The summed E-state index contributed by atoms with van der Waals surface area (Å²) in [4.78, 5) is 22.2. The molecule has 154 valence electrons. The number of halogens is 2. The second-order valence-corrected chi connectivity index (χ2v) is 8.28. The zero-order valence-electron chi connectivity index (χ0n) is 16.3. The van der Waals surface area contributed by atoms with Gasteiger partial charge in [-0.05, 0) is 62.3 Å². The van der Waals surface area contributed by atoms with Crippen LogP contribution in [-0.4, -0.2) is 44.7 Å². The number of H-pyrrole nitrogens is 2. The van der Waals surface area contributed by atoms with E-state index in [0.29, 0.717) is 21.7 Å². The molecule has 3 heterocycles. The largest absolute Gasteiger partial charge is 0.310 e. The van der Waals surface area contributed by atoms with Gasteiger partial charge in [-0.15, -0.1) is 0 Å². The second kappa shape index (κ2) is 7.81. The summed E-state index contributed by atoms with van der Waals surface area (Å²) >= 11 is 6.12. The molecule has 4 aromatic rings. The van der Waals surface area contributed by atoms with Crippen LogP contribution in [0.1, 0.15) is 30.3 Å². The summed E-state index contributed by atoms with van der Waals surface area (Å²) in [6.07, 6.45) is 2.72. The standard InChI is InChI=1S/C22H21ClFN5O/c23-14-1-3-19-16(11-14)20(28-27-19)7-10-29-8-5-13(6-9-29)21-25-18-4-2-15(24)12-17(18)22(30)26-21/h1-4,11-13H,5-10H2,(H,27,28)(H,25,26,30). The Kier molecular flexibility index (Phi) is 5.00. The van der Waals surface area contributed by atoms with Gasteiger partial charge in [0.25, 0.3) is 5.56 Å². The lowest BCUT2D eigenvalue weighted by Crippen LogP contribution is -2.35.